The fourth-order valence-corrected chi connectivity index (χ4v) is 1.36. The van der Waals surface area contributed by atoms with E-state index in [2.05, 4.69) is 13.8 Å². The Hall–Kier alpha value is -0.120. The van der Waals surface area contributed by atoms with Gasteiger partial charge in [0.1, 0.15) is 0 Å². The Balaban J connectivity index is 4.09. The molecule has 74 valence electrons. The van der Waals surface area contributed by atoms with Gasteiger partial charge in [-0.25, -0.2) is 0 Å². The second kappa shape index (κ2) is 5.51. The Bertz CT molecular complexity index is 105. The molecule has 0 unspecified atom stereocenters. The molecule has 0 spiro atoms. The van der Waals surface area contributed by atoms with E-state index >= 15 is 0 Å². The van der Waals surface area contributed by atoms with Crippen molar-refractivity contribution in [1.29, 1.82) is 0 Å². The summed E-state index contributed by atoms with van der Waals surface area (Å²) in [5, 5.41) is 1.85. The SMILES string of the molecule is CCC(CC)(CN)CN(C)OC. The third-order valence-corrected chi connectivity index (χ3v) is 2.80. The molecular weight excluding hydrogens is 152 g/mol. The molecule has 2 N–H and O–H groups in total. The van der Waals surface area contributed by atoms with Gasteiger partial charge < -0.3 is 10.6 Å². The average Bonchev–Trinajstić information content (AvgIpc) is 2.14. The first-order chi connectivity index (χ1) is 5.64. The molecule has 0 radical (unpaired) electrons. The molecule has 0 aromatic rings. The van der Waals surface area contributed by atoms with Crippen LogP contribution in [0.2, 0.25) is 0 Å². The van der Waals surface area contributed by atoms with E-state index in [1.165, 1.54) is 0 Å². The second-order valence-electron chi connectivity index (χ2n) is 3.38. The molecule has 0 amide bonds. The van der Waals surface area contributed by atoms with Crippen LogP contribution >= 0.6 is 0 Å². The van der Waals surface area contributed by atoms with E-state index < -0.39 is 0 Å². The van der Waals surface area contributed by atoms with Crippen LogP contribution in [0.4, 0.5) is 0 Å². The monoisotopic (exact) mass is 174 g/mol. The van der Waals surface area contributed by atoms with Crippen molar-refractivity contribution in [2.45, 2.75) is 26.7 Å². The molecule has 0 saturated heterocycles. The molecule has 0 rings (SSSR count). The van der Waals surface area contributed by atoms with Gasteiger partial charge in [-0.2, -0.15) is 5.06 Å². The van der Waals surface area contributed by atoms with E-state index in [0.717, 1.165) is 25.9 Å². The molecule has 0 atom stereocenters. The molecular formula is C9H22N2O. The third-order valence-electron chi connectivity index (χ3n) is 2.80. The minimum Gasteiger partial charge on any atom is -0.330 e. The molecule has 0 fully saturated rings. The Labute approximate surface area is 75.8 Å². The summed E-state index contributed by atoms with van der Waals surface area (Å²) in [6.45, 7) is 6.00. The van der Waals surface area contributed by atoms with Crippen LogP contribution in [0, 0.1) is 5.41 Å². The maximum absolute atomic E-state index is 5.75. The standard InChI is InChI=1S/C9H22N2O/c1-5-9(6-2,7-10)8-11(3)12-4/h5-8,10H2,1-4H3. The van der Waals surface area contributed by atoms with Gasteiger partial charge >= 0.3 is 0 Å². The minimum absolute atomic E-state index is 0.227. The van der Waals surface area contributed by atoms with Crippen LogP contribution in [0.5, 0.6) is 0 Å². The van der Waals surface area contributed by atoms with Gasteiger partial charge in [0, 0.05) is 13.6 Å². The van der Waals surface area contributed by atoms with Crippen molar-refractivity contribution in [3.63, 3.8) is 0 Å². The summed E-state index contributed by atoms with van der Waals surface area (Å²) in [6.07, 6.45) is 2.21. The molecule has 0 aliphatic heterocycles. The van der Waals surface area contributed by atoms with Crippen LogP contribution < -0.4 is 5.73 Å². The van der Waals surface area contributed by atoms with E-state index in [9.17, 15) is 0 Å². The maximum atomic E-state index is 5.75. The lowest BCUT2D eigenvalue weighted by Crippen LogP contribution is -2.40. The predicted octanol–water partition coefficient (Wildman–Crippen LogP) is 1.24. The summed E-state index contributed by atoms with van der Waals surface area (Å²) in [7, 11) is 3.63. The summed E-state index contributed by atoms with van der Waals surface area (Å²) < 4.78 is 0. The Morgan fingerprint density at radius 1 is 1.33 bits per heavy atom. The zero-order chi connectivity index (χ0) is 9.61. The number of hydroxylamine groups is 2. The topological polar surface area (TPSA) is 38.5 Å². The van der Waals surface area contributed by atoms with Crippen LogP contribution in [0.3, 0.4) is 0 Å². The smallest absolute Gasteiger partial charge is 0.0575 e. The number of nitrogens with zero attached hydrogens (tertiary/aromatic N) is 1. The number of rotatable bonds is 6. The van der Waals surface area contributed by atoms with Crippen LogP contribution in [-0.2, 0) is 4.84 Å². The fourth-order valence-electron chi connectivity index (χ4n) is 1.36. The Kier molecular flexibility index (Phi) is 5.46. The van der Waals surface area contributed by atoms with Gasteiger partial charge in [-0.3, -0.25) is 0 Å². The summed E-state index contributed by atoms with van der Waals surface area (Å²) >= 11 is 0. The van der Waals surface area contributed by atoms with E-state index in [0.29, 0.717) is 0 Å². The highest BCUT2D eigenvalue weighted by Crippen LogP contribution is 2.25. The summed E-state index contributed by atoms with van der Waals surface area (Å²) in [4.78, 5) is 5.09. The van der Waals surface area contributed by atoms with Gasteiger partial charge in [0.2, 0.25) is 0 Å². The van der Waals surface area contributed by atoms with Crippen molar-refractivity contribution >= 4 is 0 Å². The lowest BCUT2D eigenvalue weighted by molar-refractivity contribution is -0.131. The molecule has 3 heteroatoms. The molecule has 0 aromatic carbocycles. The molecule has 12 heavy (non-hydrogen) atoms. The number of hydrogen-bond donors (Lipinski definition) is 1. The van der Waals surface area contributed by atoms with Crippen molar-refractivity contribution in [1.82, 2.24) is 5.06 Å². The first kappa shape index (κ1) is 11.9. The molecule has 0 saturated carbocycles. The summed E-state index contributed by atoms with van der Waals surface area (Å²) in [5.74, 6) is 0. The van der Waals surface area contributed by atoms with Gasteiger partial charge in [-0.05, 0) is 24.8 Å². The molecule has 0 heterocycles. The fraction of sp³-hybridized carbons (Fsp3) is 1.00. The zero-order valence-corrected chi connectivity index (χ0v) is 8.76. The van der Waals surface area contributed by atoms with Gasteiger partial charge in [-0.1, -0.05) is 13.8 Å². The van der Waals surface area contributed by atoms with Crippen molar-refractivity contribution in [3.05, 3.63) is 0 Å². The molecule has 0 bridgehead atoms. The van der Waals surface area contributed by atoms with Crippen molar-refractivity contribution in [2.75, 3.05) is 27.2 Å². The highest BCUT2D eigenvalue weighted by atomic mass is 16.7. The molecule has 0 aliphatic rings. The highest BCUT2D eigenvalue weighted by Gasteiger charge is 2.25. The zero-order valence-electron chi connectivity index (χ0n) is 8.76. The number of nitrogens with two attached hydrogens (primary N) is 1. The highest BCUT2D eigenvalue weighted by molar-refractivity contribution is 4.78. The van der Waals surface area contributed by atoms with Crippen molar-refractivity contribution < 1.29 is 4.84 Å². The van der Waals surface area contributed by atoms with Gasteiger partial charge in [0.15, 0.2) is 0 Å². The summed E-state index contributed by atoms with van der Waals surface area (Å²) in [6, 6.07) is 0. The Morgan fingerprint density at radius 3 is 2.08 bits per heavy atom. The van der Waals surface area contributed by atoms with E-state index in [4.69, 9.17) is 10.6 Å². The third kappa shape index (κ3) is 3.09. The van der Waals surface area contributed by atoms with Crippen LogP contribution in [-0.4, -0.2) is 32.3 Å². The Morgan fingerprint density at radius 2 is 1.83 bits per heavy atom. The molecule has 0 aromatic heterocycles. The summed E-state index contributed by atoms with van der Waals surface area (Å²) in [5.41, 5.74) is 5.98. The minimum atomic E-state index is 0.227. The lowest BCUT2D eigenvalue weighted by Gasteiger charge is -2.33. The van der Waals surface area contributed by atoms with Crippen LogP contribution in [0.25, 0.3) is 0 Å². The predicted molar refractivity (Wildman–Crippen MR) is 51.7 cm³/mol. The van der Waals surface area contributed by atoms with Gasteiger partial charge in [0.05, 0.1) is 7.11 Å². The first-order valence-electron chi connectivity index (χ1n) is 4.59. The van der Waals surface area contributed by atoms with E-state index in [-0.39, 0.29) is 5.41 Å². The lowest BCUT2D eigenvalue weighted by atomic mass is 9.82. The second-order valence-corrected chi connectivity index (χ2v) is 3.38. The largest absolute Gasteiger partial charge is 0.330 e. The number of hydrogen-bond acceptors (Lipinski definition) is 3. The van der Waals surface area contributed by atoms with E-state index in [1.807, 2.05) is 12.1 Å². The first-order valence-corrected chi connectivity index (χ1v) is 4.59. The van der Waals surface area contributed by atoms with Crippen LogP contribution in [0.1, 0.15) is 26.7 Å². The van der Waals surface area contributed by atoms with Crippen molar-refractivity contribution in [3.8, 4) is 0 Å². The van der Waals surface area contributed by atoms with E-state index in [1.54, 1.807) is 7.11 Å². The molecule has 3 nitrogen and oxygen atoms in total. The van der Waals surface area contributed by atoms with Crippen LogP contribution in [0.15, 0.2) is 0 Å². The normalized spacial score (nSPS) is 12.5. The quantitative estimate of drug-likeness (QED) is 0.616. The average molecular weight is 174 g/mol. The van der Waals surface area contributed by atoms with Crippen molar-refractivity contribution in [2.24, 2.45) is 11.1 Å². The van der Waals surface area contributed by atoms with Gasteiger partial charge in [-0.15, -0.1) is 0 Å². The maximum Gasteiger partial charge on any atom is 0.0575 e. The molecule has 0 aliphatic carbocycles. The van der Waals surface area contributed by atoms with Gasteiger partial charge in [0.25, 0.3) is 0 Å².